The van der Waals surface area contributed by atoms with Crippen molar-refractivity contribution in [2.24, 2.45) is 11.8 Å². The third-order valence-corrected chi connectivity index (χ3v) is 4.39. The molecule has 0 aromatic heterocycles. The summed E-state index contributed by atoms with van der Waals surface area (Å²) in [6.45, 7) is 11.9. The van der Waals surface area contributed by atoms with Gasteiger partial charge in [0.25, 0.3) is 0 Å². The highest BCUT2D eigenvalue weighted by Gasteiger charge is 2.21. The van der Waals surface area contributed by atoms with Crippen molar-refractivity contribution in [1.29, 1.82) is 0 Å². The molecule has 1 saturated heterocycles. The molecule has 1 aromatic carbocycles. The number of rotatable bonds is 4. The maximum Gasteiger partial charge on any atom is 0.225 e. The largest absolute Gasteiger partial charge is 0.326 e. The molecule has 1 aliphatic rings. The predicted octanol–water partition coefficient (Wildman–Crippen LogP) is 3.61. The van der Waals surface area contributed by atoms with E-state index >= 15 is 0 Å². The molecular formula is C18H28N2O. The number of piperidine rings is 1. The highest BCUT2D eigenvalue weighted by Crippen LogP contribution is 2.21. The number of carbonyl (C=O) groups is 1. The molecule has 3 nitrogen and oxygen atoms in total. The van der Waals surface area contributed by atoms with Gasteiger partial charge in [0.1, 0.15) is 0 Å². The average Bonchev–Trinajstić information content (AvgIpc) is 2.40. The van der Waals surface area contributed by atoms with Crippen LogP contribution in [0.4, 0.5) is 5.69 Å². The van der Waals surface area contributed by atoms with E-state index in [0.29, 0.717) is 6.42 Å². The topological polar surface area (TPSA) is 32.3 Å². The Bertz CT molecular complexity index is 488. The summed E-state index contributed by atoms with van der Waals surface area (Å²) in [6, 6.07) is 6.07. The Labute approximate surface area is 128 Å². The molecule has 116 valence electrons. The van der Waals surface area contributed by atoms with Gasteiger partial charge in [-0.25, -0.2) is 0 Å². The van der Waals surface area contributed by atoms with E-state index in [0.717, 1.165) is 37.2 Å². The molecule has 1 fully saturated rings. The molecule has 0 aliphatic carbocycles. The van der Waals surface area contributed by atoms with E-state index in [2.05, 4.69) is 44.0 Å². The van der Waals surface area contributed by atoms with Gasteiger partial charge >= 0.3 is 0 Å². The van der Waals surface area contributed by atoms with E-state index in [4.69, 9.17) is 0 Å². The van der Waals surface area contributed by atoms with Gasteiger partial charge in [-0.1, -0.05) is 19.9 Å². The number of nitrogens with one attached hydrogen (secondary N) is 1. The van der Waals surface area contributed by atoms with Gasteiger partial charge in [0.2, 0.25) is 5.91 Å². The summed E-state index contributed by atoms with van der Waals surface area (Å²) in [5.41, 5.74) is 3.37. The van der Waals surface area contributed by atoms with E-state index in [1.807, 2.05) is 12.1 Å². The molecule has 0 spiro atoms. The van der Waals surface area contributed by atoms with Crippen molar-refractivity contribution in [3.8, 4) is 0 Å². The van der Waals surface area contributed by atoms with Gasteiger partial charge < -0.3 is 10.2 Å². The number of anilines is 1. The van der Waals surface area contributed by atoms with Gasteiger partial charge in [-0.2, -0.15) is 0 Å². The van der Waals surface area contributed by atoms with Gasteiger partial charge in [-0.05, 0) is 55.4 Å². The highest BCUT2D eigenvalue weighted by molar-refractivity contribution is 5.90. The molecule has 1 N–H and O–H groups in total. The van der Waals surface area contributed by atoms with Crippen LogP contribution < -0.4 is 5.32 Å². The Morgan fingerprint density at radius 2 is 1.86 bits per heavy atom. The van der Waals surface area contributed by atoms with Crippen molar-refractivity contribution in [2.75, 3.05) is 25.0 Å². The first kappa shape index (κ1) is 16.0. The minimum Gasteiger partial charge on any atom is -0.326 e. The first-order chi connectivity index (χ1) is 9.94. The summed E-state index contributed by atoms with van der Waals surface area (Å²) in [4.78, 5) is 14.5. The molecular weight excluding hydrogens is 260 g/mol. The molecule has 1 heterocycles. The smallest absolute Gasteiger partial charge is 0.225 e. The van der Waals surface area contributed by atoms with Crippen LogP contribution in [0.3, 0.4) is 0 Å². The fourth-order valence-electron chi connectivity index (χ4n) is 3.28. The minimum atomic E-state index is 0.115. The fourth-order valence-corrected chi connectivity index (χ4v) is 3.28. The van der Waals surface area contributed by atoms with Crippen LogP contribution >= 0.6 is 0 Å². The molecule has 0 unspecified atom stereocenters. The summed E-state index contributed by atoms with van der Waals surface area (Å²) in [7, 11) is 0. The molecule has 1 aromatic rings. The highest BCUT2D eigenvalue weighted by atomic mass is 16.1. The Balaban J connectivity index is 1.80. The first-order valence-electron chi connectivity index (χ1n) is 8.03. The molecule has 3 heteroatoms. The summed E-state index contributed by atoms with van der Waals surface area (Å²) in [6.07, 6.45) is 1.89. The average molecular weight is 288 g/mol. The van der Waals surface area contributed by atoms with E-state index < -0.39 is 0 Å². The molecule has 1 amide bonds. The SMILES string of the molecule is Cc1ccc(NC(=O)CCN2C[C@@H](C)C[C@H](C)C2)cc1C. The Morgan fingerprint density at radius 1 is 1.19 bits per heavy atom. The third kappa shape index (κ3) is 4.85. The van der Waals surface area contributed by atoms with E-state index in [1.54, 1.807) is 0 Å². The fraction of sp³-hybridized carbons (Fsp3) is 0.611. The second-order valence-electron chi connectivity index (χ2n) is 6.80. The maximum atomic E-state index is 12.1. The third-order valence-electron chi connectivity index (χ3n) is 4.39. The number of nitrogens with zero attached hydrogens (tertiary/aromatic N) is 1. The zero-order valence-corrected chi connectivity index (χ0v) is 13.8. The van der Waals surface area contributed by atoms with Crippen LogP contribution in [0, 0.1) is 25.7 Å². The van der Waals surface area contributed by atoms with Crippen LogP contribution in [0.2, 0.25) is 0 Å². The zero-order chi connectivity index (χ0) is 15.4. The normalized spacial score (nSPS) is 23.0. The van der Waals surface area contributed by atoms with Crippen LogP contribution in [0.15, 0.2) is 18.2 Å². The van der Waals surface area contributed by atoms with Crippen molar-refractivity contribution in [3.05, 3.63) is 29.3 Å². The quantitative estimate of drug-likeness (QED) is 0.918. The first-order valence-corrected chi connectivity index (χ1v) is 8.03. The zero-order valence-electron chi connectivity index (χ0n) is 13.8. The van der Waals surface area contributed by atoms with Crippen molar-refractivity contribution in [3.63, 3.8) is 0 Å². The number of hydrogen-bond donors (Lipinski definition) is 1. The molecule has 0 radical (unpaired) electrons. The predicted molar refractivity (Wildman–Crippen MR) is 88.5 cm³/mol. The van der Waals surface area contributed by atoms with Crippen molar-refractivity contribution < 1.29 is 4.79 Å². The van der Waals surface area contributed by atoms with Gasteiger partial charge in [0, 0.05) is 31.7 Å². The van der Waals surface area contributed by atoms with Gasteiger partial charge in [0.05, 0.1) is 0 Å². The van der Waals surface area contributed by atoms with Crippen molar-refractivity contribution >= 4 is 11.6 Å². The lowest BCUT2D eigenvalue weighted by molar-refractivity contribution is -0.116. The lowest BCUT2D eigenvalue weighted by atomic mass is 9.92. The molecule has 2 rings (SSSR count). The summed E-state index contributed by atoms with van der Waals surface area (Å²) in [5, 5.41) is 3.01. The lowest BCUT2D eigenvalue weighted by Crippen LogP contribution is -2.40. The van der Waals surface area contributed by atoms with Crippen LogP contribution in [-0.2, 0) is 4.79 Å². The number of hydrogen-bond acceptors (Lipinski definition) is 2. The minimum absolute atomic E-state index is 0.115. The Kier molecular flexibility index (Phi) is 5.40. The van der Waals surface area contributed by atoms with E-state index in [-0.39, 0.29) is 5.91 Å². The van der Waals surface area contributed by atoms with E-state index in [1.165, 1.54) is 17.5 Å². The van der Waals surface area contributed by atoms with Crippen LogP contribution in [-0.4, -0.2) is 30.4 Å². The standard InChI is InChI=1S/C18H28N2O/c1-13-9-14(2)12-20(11-13)8-7-18(21)19-17-6-5-15(3)16(4)10-17/h5-6,10,13-14H,7-9,11-12H2,1-4H3,(H,19,21)/t13-,14-/m0/s1. The molecule has 2 atom stereocenters. The van der Waals surface area contributed by atoms with Gasteiger partial charge in [-0.15, -0.1) is 0 Å². The second-order valence-corrected chi connectivity index (χ2v) is 6.80. The summed E-state index contributed by atoms with van der Waals surface area (Å²) < 4.78 is 0. The Hall–Kier alpha value is -1.35. The second kappa shape index (κ2) is 7.08. The van der Waals surface area contributed by atoms with Crippen LogP contribution in [0.1, 0.15) is 37.8 Å². The number of amides is 1. The monoisotopic (exact) mass is 288 g/mol. The number of carbonyl (C=O) groups excluding carboxylic acids is 1. The number of likely N-dealkylation sites (tertiary alicyclic amines) is 1. The van der Waals surface area contributed by atoms with Crippen molar-refractivity contribution in [2.45, 2.75) is 40.5 Å². The molecule has 21 heavy (non-hydrogen) atoms. The van der Waals surface area contributed by atoms with Crippen LogP contribution in [0.5, 0.6) is 0 Å². The summed E-state index contributed by atoms with van der Waals surface area (Å²) >= 11 is 0. The molecule has 1 aliphatic heterocycles. The van der Waals surface area contributed by atoms with Gasteiger partial charge in [0.15, 0.2) is 0 Å². The van der Waals surface area contributed by atoms with Crippen LogP contribution in [0.25, 0.3) is 0 Å². The Morgan fingerprint density at radius 3 is 2.48 bits per heavy atom. The lowest BCUT2D eigenvalue weighted by Gasteiger charge is -2.34. The van der Waals surface area contributed by atoms with Crippen molar-refractivity contribution in [1.82, 2.24) is 4.90 Å². The number of aryl methyl sites for hydroxylation is 2. The molecule has 0 saturated carbocycles. The van der Waals surface area contributed by atoms with Gasteiger partial charge in [-0.3, -0.25) is 4.79 Å². The van der Waals surface area contributed by atoms with E-state index in [9.17, 15) is 4.79 Å². The number of benzene rings is 1. The maximum absolute atomic E-state index is 12.1. The molecule has 0 bridgehead atoms. The summed E-state index contributed by atoms with van der Waals surface area (Å²) in [5.74, 6) is 1.61.